The van der Waals surface area contributed by atoms with E-state index in [1.54, 1.807) is 6.07 Å². The topological polar surface area (TPSA) is 83.6 Å². The maximum absolute atomic E-state index is 10.7. The van der Waals surface area contributed by atoms with E-state index in [2.05, 4.69) is 15.9 Å². The molecule has 0 aliphatic heterocycles. The molecule has 0 bridgehead atoms. The molecule has 88 valence electrons. The van der Waals surface area contributed by atoms with Crippen molar-refractivity contribution in [3.05, 3.63) is 45.0 Å². The molecule has 0 amide bonds. The molecule has 0 saturated carbocycles. The molecule has 0 aliphatic carbocycles. The highest BCUT2D eigenvalue weighted by Gasteiger charge is 2.57. The van der Waals surface area contributed by atoms with E-state index in [1.165, 1.54) is 18.2 Å². The highest BCUT2D eigenvalue weighted by molar-refractivity contribution is 9.10. The summed E-state index contributed by atoms with van der Waals surface area (Å²) < 4.78 is -2.15. The summed E-state index contributed by atoms with van der Waals surface area (Å²) >= 11 is 8.44. The van der Waals surface area contributed by atoms with Crippen LogP contribution < -0.4 is 0 Å². The molecule has 16 heavy (non-hydrogen) atoms. The third kappa shape index (κ3) is 2.06. The number of halogens is 2. The van der Waals surface area contributed by atoms with E-state index in [0.29, 0.717) is 0 Å². The number of alkyl halides is 1. The number of rotatable bonds is 3. The second kappa shape index (κ2) is 4.29. The van der Waals surface area contributed by atoms with E-state index in [0.717, 1.165) is 6.92 Å². The molecule has 2 N–H and O–H groups in total. The first-order valence-electron chi connectivity index (χ1n) is 4.24. The molecule has 0 aliphatic rings. The van der Waals surface area contributed by atoms with Gasteiger partial charge in [0.05, 0.1) is 0 Å². The minimum Gasteiger partial charge on any atom is -0.356 e. The molecule has 0 aromatic heterocycles. The van der Waals surface area contributed by atoms with Crippen molar-refractivity contribution in [1.29, 1.82) is 0 Å². The number of hydrogen-bond acceptors (Lipinski definition) is 4. The SMILES string of the molecule is CC(Br)([N+](=O)[O-])C(O)(O)c1ccccc1Cl. The summed E-state index contributed by atoms with van der Waals surface area (Å²) in [7, 11) is 0. The average molecular weight is 311 g/mol. The van der Waals surface area contributed by atoms with Gasteiger partial charge in [-0.3, -0.25) is 10.1 Å². The van der Waals surface area contributed by atoms with Crippen LogP contribution in [0.4, 0.5) is 0 Å². The van der Waals surface area contributed by atoms with Gasteiger partial charge in [-0.05, 0) is 6.07 Å². The highest BCUT2D eigenvalue weighted by Crippen LogP contribution is 2.40. The Balaban J connectivity index is 3.32. The summed E-state index contributed by atoms with van der Waals surface area (Å²) in [5, 5.41) is 30.5. The van der Waals surface area contributed by atoms with Crippen molar-refractivity contribution < 1.29 is 15.1 Å². The van der Waals surface area contributed by atoms with Gasteiger partial charge in [-0.1, -0.05) is 29.8 Å². The van der Waals surface area contributed by atoms with Crippen LogP contribution in [-0.4, -0.2) is 19.6 Å². The maximum atomic E-state index is 10.7. The Kier molecular flexibility index (Phi) is 3.59. The van der Waals surface area contributed by atoms with Gasteiger partial charge in [0, 0.05) is 38.4 Å². The standard InChI is InChI=1S/C9H9BrClNO4/c1-8(10,12(15)16)9(13,14)6-4-2-3-5-7(6)11/h2-5,13-14H,1H3. The summed E-state index contributed by atoms with van der Waals surface area (Å²) in [4.78, 5) is 9.91. The largest absolute Gasteiger partial charge is 0.356 e. The molecule has 1 rings (SSSR count). The fourth-order valence-electron chi connectivity index (χ4n) is 1.12. The Morgan fingerprint density at radius 3 is 2.38 bits per heavy atom. The van der Waals surface area contributed by atoms with Gasteiger partial charge in [-0.2, -0.15) is 0 Å². The molecule has 0 radical (unpaired) electrons. The highest BCUT2D eigenvalue weighted by atomic mass is 79.9. The number of nitro groups is 1. The Morgan fingerprint density at radius 1 is 1.44 bits per heavy atom. The van der Waals surface area contributed by atoms with Gasteiger partial charge >= 0.3 is 4.45 Å². The zero-order valence-corrected chi connectivity index (χ0v) is 10.6. The van der Waals surface area contributed by atoms with E-state index in [-0.39, 0.29) is 10.6 Å². The van der Waals surface area contributed by atoms with Gasteiger partial charge < -0.3 is 10.2 Å². The second-order valence-electron chi connectivity index (χ2n) is 3.36. The maximum Gasteiger partial charge on any atom is 0.328 e. The fraction of sp³-hybridized carbons (Fsp3) is 0.333. The van der Waals surface area contributed by atoms with Gasteiger partial charge in [0.1, 0.15) is 0 Å². The first-order valence-corrected chi connectivity index (χ1v) is 5.41. The van der Waals surface area contributed by atoms with Crippen LogP contribution in [-0.2, 0) is 5.79 Å². The van der Waals surface area contributed by atoms with E-state index in [1.807, 2.05) is 0 Å². The average Bonchev–Trinajstić information content (AvgIpc) is 2.17. The van der Waals surface area contributed by atoms with Gasteiger partial charge in [0.25, 0.3) is 5.79 Å². The summed E-state index contributed by atoms with van der Waals surface area (Å²) in [5.41, 5.74) is -0.132. The van der Waals surface area contributed by atoms with Crippen LogP contribution in [0.25, 0.3) is 0 Å². The predicted octanol–water partition coefficient (Wildman–Crippen LogP) is 1.87. The molecular weight excluding hydrogens is 301 g/mol. The molecular formula is C9H9BrClNO4. The normalized spacial score (nSPS) is 15.6. The molecule has 0 spiro atoms. The minimum atomic E-state index is -2.71. The van der Waals surface area contributed by atoms with Gasteiger partial charge in [0.2, 0.25) is 0 Å². The van der Waals surface area contributed by atoms with Crippen LogP contribution in [0.1, 0.15) is 12.5 Å². The lowest BCUT2D eigenvalue weighted by atomic mass is 9.99. The molecule has 1 unspecified atom stereocenters. The Hall–Kier alpha value is -0.690. The fourth-order valence-corrected chi connectivity index (χ4v) is 1.60. The van der Waals surface area contributed by atoms with Crippen LogP contribution in [0.5, 0.6) is 0 Å². The third-order valence-corrected chi connectivity index (χ3v) is 3.40. The van der Waals surface area contributed by atoms with Crippen LogP contribution >= 0.6 is 27.5 Å². The summed E-state index contributed by atoms with van der Waals surface area (Å²) in [5.74, 6) is -2.71. The van der Waals surface area contributed by atoms with E-state index < -0.39 is 15.2 Å². The molecule has 1 atom stereocenters. The number of hydrogen-bond donors (Lipinski definition) is 2. The lowest BCUT2D eigenvalue weighted by Crippen LogP contribution is -2.50. The molecule has 7 heteroatoms. The van der Waals surface area contributed by atoms with E-state index in [9.17, 15) is 20.3 Å². The lowest BCUT2D eigenvalue weighted by Gasteiger charge is -2.29. The van der Waals surface area contributed by atoms with Gasteiger partial charge in [-0.15, -0.1) is 0 Å². The molecule has 1 aromatic carbocycles. The van der Waals surface area contributed by atoms with Crippen molar-refractivity contribution >= 4 is 27.5 Å². The molecule has 0 fully saturated rings. The zero-order valence-electron chi connectivity index (χ0n) is 8.22. The summed E-state index contributed by atoms with van der Waals surface area (Å²) in [6.45, 7) is 1.04. The Morgan fingerprint density at radius 2 is 1.94 bits per heavy atom. The molecule has 1 aromatic rings. The number of benzene rings is 1. The Labute approximate surface area is 105 Å². The summed E-state index contributed by atoms with van der Waals surface area (Å²) in [6.07, 6.45) is 0. The summed E-state index contributed by atoms with van der Waals surface area (Å²) in [6, 6.07) is 5.82. The Bertz CT molecular complexity index is 422. The van der Waals surface area contributed by atoms with Crippen molar-refractivity contribution in [2.75, 3.05) is 0 Å². The van der Waals surface area contributed by atoms with Crippen molar-refractivity contribution in [2.45, 2.75) is 17.2 Å². The van der Waals surface area contributed by atoms with Crippen LogP contribution in [0.3, 0.4) is 0 Å². The molecule has 0 heterocycles. The first kappa shape index (κ1) is 13.4. The van der Waals surface area contributed by atoms with Crippen molar-refractivity contribution in [2.24, 2.45) is 0 Å². The van der Waals surface area contributed by atoms with Crippen molar-refractivity contribution in [1.82, 2.24) is 0 Å². The second-order valence-corrected chi connectivity index (χ2v) is 5.31. The van der Waals surface area contributed by atoms with Crippen molar-refractivity contribution in [3.8, 4) is 0 Å². The van der Waals surface area contributed by atoms with E-state index >= 15 is 0 Å². The first-order chi connectivity index (χ1) is 7.21. The van der Waals surface area contributed by atoms with Crippen molar-refractivity contribution in [3.63, 3.8) is 0 Å². The van der Waals surface area contributed by atoms with Gasteiger partial charge in [-0.25, -0.2) is 0 Å². The van der Waals surface area contributed by atoms with Gasteiger partial charge in [0.15, 0.2) is 0 Å². The van der Waals surface area contributed by atoms with Crippen LogP contribution in [0.2, 0.25) is 5.02 Å². The number of nitrogens with zero attached hydrogens (tertiary/aromatic N) is 1. The smallest absolute Gasteiger partial charge is 0.328 e. The van der Waals surface area contributed by atoms with E-state index in [4.69, 9.17) is 11.6 Å². The number of aliphatic hydroxyl groups is 2. The minimum absolute atomic E-state index is 0.0417. The lowest BCUT2D eigenvalue weighted by molar-refractivity contribution is -0.576. The quantitative estimate of drug-likeness (QED) is 0.293. The zero-order chi connectivity index (χ0) is 12.6. The molecule has 5 nitrogen and oxygen atoms in total. The monoisotopic (exact) mass is 309 g/mol. The molecule has 0 saturated heterocycles. The third-order valence-electron chi connectivity index (χ3n) is 2.23. The van der Waals surface area contributed by atoms with Crippen LogP contribution in [0, 0.1) is 10.1 Å². The predicted molar refractivity (Wildman–Crippen MR) is 61.9 cm³/mol. The van der Waals surface area contributed by atoms with Crippen LogP contribution in [0.15, 0.2) is 24.3 Å².